The predicted octanol–water partition coefficient (Wildman–Crippen LogP) is 1.14. The summed E-state index contributed by atoms with van der Waals surface area (Å²) >= 11 is 1.35. The van der Waals surface area contributed by atoms with Gasteiger partial charge in [-0.15, -0.1) is 11.8 Å². The summed E-state index contributed by atoms with van der Waals surface area (Å²) in [6.45, 7) is 2.67. The second kappa shape index (κ2) is 8.44. The van der Waals surface area contributed by atoms with Gasteiger partial charge in [-0.1, -0.05) is 0 Å². The number of amides is 3. The zero-order valence-electron chi connectivity index (χ0n) is 11.6. The van der Waals surface area contributed by atoms with E-state index in [0.29, 0.717) is 13.2 Å². The predicted molar refractivity (Wildman–Crippen MR) is 79.7 cm³/mol. The molecular weight excluding hydrogens is 278 g/mol. The van der Waals surface area contributed by atoms with Crippen LogP contribution >= 0.6 is 11.8 Å². The van der Waals surface area contributed by atoms with Gasteiger partial charge in [0.1, 0.15) is 0 Å². The summed E-state index contributed by atoms with van der Waals surface area (Å²) in [5.74, 6) is -0.180. The summed E-state index contributed by atoms with van der Waals surface area (Å²) in [6.07, 6.45) is 0. The highest BCUT2D eigenvalue weighted by molar-refractivity contribution is 8.00. The lowest BCUT2D eigenvalue weighted by Gasteiger charge is -2.07. The Labute approximate surface area is 122 Å². The van der Waals surface area contributed by atoms with Crippen LogP contribution in [-0.2, 0) is 9.53 Å². The summed E-state index contributed by atoms with van der Waals surface area (Å²) in [6, 6.07) is 5.04. The van der Waals surface area contributed by atoms with Crippen molar-refractivity contribution >= 4 is 29.4 Å². The maximum absolute atomic E-state index is 11.6. The number of aryl methyl sites for hydroxylation is 1. The van der Waals surface area contributed by atoms with E-state index in [9.17, 15) is 9.59 Å². The Morgan fingerprint density at radius 3 is 2.80 bits per heavy atom. The molecule has 6 nitrogen and oxygen atoms in total. The lowest BCUT2D eigenvalue weighted by atomic mass is 10.2. The van der Waals surface area contributed by atoms with Gasteiger partial charge >= 0.3 is 6.03 Å². The molecule has 0 saturated carbocycles. The molecule has 0 saturated heterocycles. The number of nitrogen functional groups attached to an aromatic ring is 1. The van der Waals surface area contributed by atoms with Gasteiger partial charge in [0.05, 0.1) is 12.4 Å². The molecule has 20 heavy (non-hydrogen) atoms. The molecule has 0 aliphatic carbocycles. The van der Waals surface area contributed by atoms with Crippen molar-refractivity contribution in [2.45, 2.75) is 11.8 Å². The van der Waals surface area contributed by atoms with Crippen LogP contribution in [0.2, 0.25) is 0 Å². The van der Waals surface area contributed by atoms with Crippen LogP contribution in [0, 0.1) is 6.92 Å². The number of urea groups is 1. The number of benzene rings is 1. The van der Waals surface area contributed by atoms with Crippen molar-refractivity contribution in [3.63, 3.8) is 0 Å². The third-order valence-electron chi connectivity index (χ3n) is 2.46. The first-order valence-corrected chi connectivity index (χ1v) is 7.07. The summed E-state index contributed by atoms with van der Waals surface area (Å²) in [5.41, 5.74) is 7.40. The number of ether oxygens (including phenoxy) is 1. The van der Waals surface area contributed by atoms with Crippen LogP contribution in [0.25, 0.3) is 0 Å². The topological polar surface area (TPSA) is 93.5 Å². The normalized spacial score (nSPS) is 10.1. The number of rotatable bonds is 6. The van der Waals surface area contributed by atoms with Gasteiger partial charge in [0.25, 0.3) is 0 Å². The summed E-state index contributed by atoms with van der Waals surface area (Å²) in [5, 5.41) is 4.75. The van der Waals surface area contributed by atoms with Crippen molar-refractivity contribution in [2.24, 2.45) is 0 Å². The van der Waals surface area contributed by atoms with Crippen LogP contribution < -0.4 is 16.4 Å². The second-order valence-electron chi connectivity index (χ2n) is 4.10. The number of anilines is 1. The Morgan fingerprint density at radius 2 is 2.15 bits per heavy atom. The quantitative estimate of drug-likeness (QED) is 0.416. The monoisotopic (exact) mass is 297 g/mol. The number of hydrogen-bond donors (Lipinski definition) is 3. The van der Waals surface area contributed by atoms with E-state index in [4.69, 9.17) is 10.5 Å². The molecule has 0 bridgehead atoms. The van der Waals surface area contributed by atoms with Gasteiger partial charge in [0, 0.05) is 24.2 Å². The van der Waals surface area contributed by atoms with Crippen molar-refractivity contribution in [2.75, 3.05) is 31.7 Å². The number of carbonyl (C=O) groups is 2. The average molecular weight is 297 g/mol. The van der Waals surface area contributed by atoms with Crippen molar-refractivity contribution < 1.29 is 14.3 Å². The molecule has 110 valence electrons. The molecule has 1 aromatic rings. The third kappa shape index (κ3) is 5.94. The van der Waals surface area contributed by atoms with Crippen molar-refractivity contribution in [3.05, 3.63) is 23.8 Å². The van der Waals surface area contributed by atoms with E-state index in [2.05, 4.69) is 10.6 Å². The van der Waals surface area contributed by atoms with E-state index in [1.165, 1.54) is 18.9 Å². The third-order valence-corrected chi connectivity index (χ3v) is 3.45. The first-order valence-electron chi connectivity index (χ1n) is 6.08. The molecule has 0 aromatic heterocycles. The molecule has 3 amide bonds. The molecule has 0 unspecified atom stereocenters. The van der Waals surface area contributed by atoms with E-state index >= 15 is 0 Å². The molecule has 0 radical (unpaired) electrons. The molecule has 4 N–H and O–H groups in total. The van der Waals surface area contributed by atoms with Crippen LogP contribution in [0.15, 0.2) is 23.1 Å². The van der Waals surface area contributed by atoms with E-state index in [-0.39, 0.29) is 11.7 Å². The van der Waals surface area contributed by atoms with Gasteiger partial charge in [-0.3, -0.25) is 10.1 Å². The molecule has 0 aliphatic heterocycles. The molecule has 0 fully saturated rings. The Kier molecular flexibility index (Phi) is 6.89. The number of imide groups is 1. The second-order valence-corrected chi connectivity index (χ2v) is 5.15. The lowest BCUT2D eigenvalue weighted by Crippen LogP contribution is -2.41. The first-order chi connectivity index (χ1) is 9.52. The standard InChI is InChI=1S/C13H19N3O3S/c1-9-7-10(3-4-11(9)14)20-8-12(17)16-13(18)15-5-6-19-2/h3-4,7H,5-6,8,14H2,1-2H3,(H2,15,16,17,18). The van der Waals surface area contributed by atoms with Gasteiger partial charge < -0.3 is 15.8 Å². The fraction of sp³-hybridized carbons (Fsp3) is 0.385. The van der Waals surface area contributed by atoms with Crippen molar-refractivity contribution in [3.8, 4) is 0 Å². The minimum atomic E-state index is -0.513. The molecule has 0 atom stereocenters. The Hall–Kier alpha value is -1.73. The molecule has 0 heterocycles. The van der Waals surface area contributed by atoms with Crippen molar-refractivity contribution in [1.82, 2.24) is 10.6 Å². The first kappa shape index (κ1) is 16.3. The summed E-state index contributed by atoms with van der Waals surface area (Å²) in [7, 11) is 1.54. The molecule has 0 aliphatic rings. The maximum atomic E-state index is 11.6. The minimum absolute atomic E-state index is 0.168. The van der Waals surface area contributed by atoms with Gasteiger partial charge in [-0.2, -0.15) is 0 Å². The number of nitrogens with one attached hydrogen (secondary N) is 2. The van der Waals surface area contributed by atoms with E-state index < -0.39 is 6.03 Å². The van der Waals surface area contributed by atoms with Crippen molar-refractivity contribution in [1.29, 1.82) is 0 Å². The maximum Gasteiger partial charge on any atom is 0.321 e. The number of carbonyl (C=O) groups excluding carboxylic acids is 2. The van der Waals surface area contributed by atoms with Gasteiger partial charge in [0.15, 0.2) is 0 Å². The minimum Gasteiger partial charge on any atom is -0.399 e. The number of hydrogen-bond acceptors (Lipinski definition) is 5. The zero-order chi connectivity index (χ0) is 15.0. The SMILES string of the molecule is COCCNC(=O)NC(=O)CSc1ccc(N)c(C)c1. The van der Waals surface area contributed by atoms with E-state index in [0.717, 1.165) is 16.1 Å². The van der Waals surface area contributed by atoms with E-state index in [1.807, 2.05) is 19.1 Å². The molecule has 7 heteroatoms. The smallest absolute Gasteiger partial charge is 0.321 e. The largest absolute Gasteiger partial charge is 0.399 e. The summed E-state index contributed by atoms with van der Waals surface area (Å²) < 4.78 is 4.78. The van der Waals surface area contributed by atoms with Crippen LogP contribution in [0.4, 0.5) is 10.5 Å². The van der Waals surface area contributed by atoms with Crippen LogP contribution in [0.3, 0.4) is 0 Å². The number of thioether (sulfide) groups is 1. The fourth-order valence-corrected chi connectivity index (χ4v) is 2.15. The molecule has 1 aromatic carbocycles. The molecule has 1 rings (SSSR count). The zero-order valence-corrected chi connectivity index (χ0v) is 12.4. The lowest BCUT2D eigenvalue weighted by molar-refractivity contribution is -0.117. The van der Waals surface area contributed by atoms with Crippen LogP contribution in [0.1, 0.15) is 5.56 Å². The highest BCUT2D eigenvalue weighted by Crippen LogP contribution is 2.22. The average Bonchev–Trinajstić information content (AvgIpc) is 2.40. The Morgan fingerprint density at radius 1 is 1.40 bits per heavy atom. The van der Waals surface area contributed by atoms with Gasteiger partial charge in [-0.05, 0) is 30.7 Å². The highest BCUT2D eigenvalue weighted by atomic mass is 32.2. The molecular formula is C13H19N3O3S. The van der Waals surface area contributed by atoms with Crippen LogP contribution in [0.5, 0.6) is 0 Å². The van der Waals surface area contributed by atoms with Gasteiger partial charge in [0.2, 0.25) is 5.91 Å². The van der Waals surface area contributed by atoms with Crippen LogP contribution in [-0.4, -0.2) is 38.0 Å². The molecule has 0 spiro atoms. The van der Waals surface area contributed by atoms with E-state index in [1.54, 1.807) is 6.07 Å². The highest BCUT2D eigenvalue weighted by Gasteiger charge is 2.08. The number of nitrogens with two attached hydrogens (primary N) is 1. The number of methoxy groups -OCH3 is 1. The Bertz CT molecular complexity index is 480. The Balaban J connectivity index is 2.32. The fourth-order valence-electron chi connectivity index (χ4n) is 1.36. The summed E-state index contributed by atoms with van der Waals surface area (Å²) in [4.78, 5) is 23.8. The van der Waals surface area contributed by atoms with Gasteiger partial charge in [-0.25, -0.2) is 4.79 Å².